The lowest BCUT2D eigenvalue weighted by atomic mass is 10.2. The number of rotatable bonds is 8. The quantitative estimate of drug-likeness (QED) is 0.590. The summed E-state index contributed by atoms with van der Waals surface area (Å²) in [7, 11) is -0.672. The normalized spacial score (nSPS) is 12.1. The molecule has 0 aliphatic carbocycles. The lowest BCUT2D eigenvalue weighted by Gasteiger charge is -2.07. The molecule has 0 aliphatic rings. The summed E-state index contributed by atoms with van der Waals surface area (Å²) < 4.78 is 11.7. The van der Waals surface area contributed by atoms with E-state index in [1.165, 1.54) is 5.56 Å². The Labute approximate surface area is 128 Å². The van der Waals surface area contributed by atoms with E-state index < -0.39 is 10.8 Å². The number of benzene rings is 1. The lowest BCUT2D eigenvalue weighted by Crippen LogP contribution is -2.20. The van der Waals surface area contributed by atoms with Crippen LogP contribution in [0.15, 0.2) is 30.3 Å². The first kappa shape index (κ1) is 16.7. The molecular formula is C14H21NOS3. The second kappa shape index (κ2) is 10.4. The smallest absolute Gasteiger partial charge is 0.133 e. The highest BCUT2D eigenvalue weighted by atomic mass is 32.2. The molecule has 1 aromatic rings. The van der Waals surface area contributed by atoms with Gasteiger partial charge in [-0.15, -0.1) is 0 Å². The van der Waals surface area contributed by atoms with Gasteiger partial charge in [0.05, 0.1) is 0 Å². The maximum Gasteiger partial charge on any atom is 0.133 e. The summed E-state index contributed by atoms with van der Waals surface area (Å²) in [6.07, 6.45) is 4.81. The van der Waals surface area contributed by atoms with Crippen molar-refractivity contribution in [3.05, 3.63) is 35.9 Å². The Kier molecular flexibility index (Phi) is 9.12. The van der Waals surface area contributed by atoms with Crippen molar-refractivity contribution in [2.75, 3.05) is 24.3 Å². The summed E-state index contributed by atoms with van der Waals surface area (Å²) in [4.78, 5) is 0. The molecular weight excluding hydrogens is 294 g/mol. The fourth-order valence-corrected chi connectivity index (χ4v) is 3.27. The van der Waals surface area contributed by atoms with Crippen molar-refractivity contribution in [3.63, 3.8) is 0 Å². The Morgan fingerprint density at radius 2 is 2.05 bits per heavy atom. The topological polar surface area (TPSA) is 29.1 Å². The van der Waals surface area contributed by atoms with Crippen molar-refractivity contribution >= 4 is 39.1 Å². The van der Waals surface area contributed by atoms with Crippen LogP contribution in [0, 0.1) is 0 Å². The van der Waals surface area contributed by atoms with E-state index in [1.807, 2.05) is 6.07 Å². The molecule has 1 N–H and O–H groups in total. The number of unbranched alkanes of at least 4 members (excludes halogenated alkanes) is 1. The molecule has 0 amide bonds. The fraction of sp³-hybridized carbons (Fsp3) is 0.500. The highest BCUT2D eigenvalue weighted by Gasteiger charge is 1.98. The Balaban J connectivity index is 2.01. The van der Waals surface area contributed by atoms with Gasteiger partial charge in [0.25, 0.3) is 0 Å². The summed E-state index contributed by atoms with van der Waals surface area (Å²) in [5.74, 6) is 1.80. The van der Waals surface area contributed by atoms with Gasteiger partial charge in [0.2, 0.25) is 0 Å². The van der Waals surface area contributed by atoms with Gasteiger partial charge in [-0.1, -0.05) is 54.3 Å². The number of aryl methyl sites for hydroxylation is 1. The van der Waals surface area contributed by atoms with E-state index in [-0.39, 0.29) is 0 Å². The van der Waals surface area contributed by atoms with E-state index in [0.29, 0.717) is 0 Å². The molecule has 0 radical (unpaired) electrons. The summed E-state index contributed by atoms with van der Waals surface area (Å²) in [6.45, 7) is 0.883. The standard InChI is InChI=1S/C14H21NOS3/c1-19(16)12-6-5-10-15-14(17)18-11-9-13-7-3-2-4-8-13/h2-4,7-8H,5-6,9-12H2,1H3,(H,15,17). The van der Waals surface area contributed by atoms with Gasteiger partial charge in [-0.2, -0.15) is 0 Å². The van der Waals surface area contributed by atoms with Crippen LogP contribution >= 0.6 is 24.0 Å². The molecule has 0 saturated carbocycles. The minimum atomic E-state index is -0.672. The van der Waals surface area contributed by atoms with Crippen LogP contribution in [-0.4, -0.2) is 32.8 Å². The highest BCUT2D eigenvalue weighted by molar-refractivity contribution is 8.22. The van der Waals surface area contributed by atoms with Crippen molar-refractivity contribution in [2.24, 2.45) is 0 Å². The number of hydrogen-bond donors (Lipinski definition) is 1. The van der Waals surface area contributed by atoms with Crippen molar-refractivity contribution in [1.29, 1.82) is 0 Å². The first-order valence-corrected chi connectivity index (χ1v) is 9.55. The van der Waals surface area contributed by atoms with Crippen LogP contribution in [0.2, 0.25) is 0 Å². The predicted molar refractivity (Wildman–Crippen MR) is 91.4 cm³/mol. The molecule has 0 spiro atoms. The van der Waals surface area contributed by atoms with Crippen LogP contribution in [-0.2, 0) is 17.2 Å². The molecule has 2 nitrogen and oxygen atoms in total. The third-order valence-corrected chi connectivity index (χ3v) is 4.77. The molecule has 0 heterocycles. The largest absolute Gasteiger partial charge is 0.371 e. The van der Waals surface area contributed by atoms with Crippen molar-refractivity contribution < 1.29 is 4.21 Å². The van der Waals surface area contributed by atoms with Crippen LogP contribution in [0.1, 0.15) is 18.4 Å². The van der Waals surface area contributed by atoms with Crippen LogP contribution in [0.5, 0.6) is 0 Å². The summed E-state index contributed by atoms with van der Waals surface area (Å²) in [5, 5.41) is 3.24. The van der Waals surface area contributed by atoms with E-state index in [0.717, 1.165) is 41.6 Å². The van der Waals surface area contributed by atoms with Crippen molar-refractivity contribution in [3.8, 4) is 0 Å². The maximum atomic E-state index is 10.9. The Bertz CT molecular complexity index is 395. The molecule has 0 bridgehead atoms. The second-order valence-electron chi connectivity index (χ2n) is 4.28. The third-order valence-electron chi connectivity index (χ3n) is 2.59. The van der Waals surface area contributed by atoms with Gasteiger partial charge >= 0.3 is 0 Å². The lowest BCUT2D eigenvalue weighted by molar-refractivity contribution is 0.680. The summed E-state index contributed by atoms with van der Waals surface area (Å²) in [6, 6.07) is 10.4. The number of hydrogen-bond acceptors (Lipinski definition) is 3. The third kappa shape index (κ3) is 9.19. The zero-order valence-corrected chi connectivity index (χ0v) is 13.7. The molecule has 0 aliphatic heterocycles. The molecule has 1 aromatic carbocycles. The van der Waals surface area contributed by atoms with Crippen LogP contribution in [0.4, 0.5) is 0 Å². The van der Waals surface area contributed by atoms with Crippen molar-refractivity contribution in [1.82, 2.24) is 5.32 Å². The molecule has 1 unspecified atom stereocenters. The van der Waals surface area contributed by atoms with E-state index in [4.69, 9.17) is 12.2 Å². The van der Waals surface area contributed by atoms with Gasteiger partial charge < -0.3 is 5.32 Å². The molecule has 0 aromatic heterocycles. The van der Waals surface area contributed by atoms with Gasteiger partial charge in [0, 0.05) is 35.1 Å². The average molecular weight is 316 g/mol. The number of thiocarbonyl (C=S) groups is 1. The summed E-state index contributed by atoms with van der Waals surface area (Å²) in [5.41, 5.74) is 1.35. The van der Waals surface area contributed by atoms with E-state index >= 15 is 0 Å². The van der Waals surface area contributed by atoms with E-state index in [1.54, 1.807) is 18.0 Å². The Morgan fingerprint density at radius 3 is 2.74 bits per heavy atom. The zero-order valence-electron chi connectivity index (χ0n) is 11.3. The SMILES string of the molecule is CS(=O)CCCCNC(=S)SCCc1ccccc1. The Morgan fingerprint density at radius 1 is 1.32 bits per heavy atom. The zero-order chi connectivity index (χ0) is 13.9. The minimum absolute atomic E-state index is 0.672. The minimum Gasteiger partial charge on any atom is -0.371 e. The maximum absolute atomic E-state index is 10.9. The molecule has 0 saturated heterocycles. The molecule has 0 fully saturated rings. The van der Waals surface area contributed by atoms with Crippen LogP contribution in [0.3, 0.4) is 0 Å². The first-order chi connectivity index (χ1) is 9.18. The fourth-order valence-electron chi connectivity index (χ4n) is 1.58. The molecule has 19 heavy (non-hydrogen) atoms. The second-order valence-corrected chi connectivity index (χ2v) is 7.61. The van der Waals surface area contributed by atoms with Crippen LogP contribution in [0.25, 0.3) is 0 Å². The van der Waals surface area contributed by atoms with Crippen LogP contribution < -0.4 is 5.32 Å². The van der Waals surface area contributed by atoms with E-state index in [2.05, 4.69) is 29.6 Å². The molecule has 106 valence electrons. The van der Waals surface area contributed by atoms with Gasteiger partial charge in [0.15, 0.2) is 0 Å². The van der Waals surface area contributed by atoms with Gasteiger partial charge in [-0.05, 0) is 24.8 Å². The average Bonchev–Trinajstić information content (AvgIpc) is 2.39. The van der Waals surface area contributed by atoms with Crippen molar-refractivity contribution in [2.45, 2.75) is 19.3 Å². The highest BCUT2D eigenvalue weighted by Crippen LogP contribution is 2.08. The molecule has 1 atom stereocenters. The molecule has 1 rings (SSSR count). The molecule has 5 heteroatoms. The number of thioether (sulfide) groups is 1. The van der Waals surface area contributed by atoms with Gasteiger partial charge in [0.1, 0.15) is 4.32 Å². The predicted octanol–water partition coefficient (Wildman–Crippen LogP) is 3.00. The van der Waals surface area contributed by atoms with E-state index in [9.17, 15) is 4.21 Å². The Hall–Kier alpha value is -0.390. The van der Waals surface area contributed by atoms with Gasteiger partial charge in [-0.3, -0.25) is 4.21 Å². The number of nitrogens with one attached hydrogen (secondary N) is 1. The summed E-state index contributed by atoms with van der Waals surface area (Å²) >= 11 is 6.96. The van der Waals surface area contributed by atoms with Gasteiger partial charge in [-0.25, -0.2) is 0 Å². The first-order valence-electron chi connectivity index (χ1n) is 6.43. The monoisotopic (exact) mass is 315 g/mol.